The van der Waals surface area contributed by atoms with Crippen molar-refractivity contribution in [3.8, 4) is 0 Å². The maximum Gasteiger partial charge on any atom is 0.310 e. The third-order valence-electron chi connectivity index (χ3n) is 7.88. The summed E-state index contributed by atoms with van der Waals surface area (Å²) >= 11 is 0. The predicted octanol–water partition coefficient (Wildman–Crippen LogP) is 3.65. The van der Waals surface area contributed by atoms with Crippen molar-refractivity contribution in [1.29, 1.82) is 0 Å². The second-order valence-electron chi connectivity index (χ2n) is 9.78. The fraction of sp³-hybridized carbons (Fsp3) is 0.696. The van der Waals surface area contributed by atoms with Crippen molar-refractivity contribution in [2.45, 2.75) is 57.3 Å². The topological polar surface area (TPSA) is 42.1 Å². The van der Waals surface area contributed by atoms with E-state index in [9.17, 15) is 4.79 Å². The van der Waals surface area contributed by atoms with Crippen molar-refractivity contribution >= 4 is 5.97 Å². The molecule has 4 heteroatoms. The van der Waals surface area contributed by atoms with E-state index in [2.05, 4.69) is 43.1 Å². The fourth-order valence-electron chi connectivity index (χ4n) is 6.46. The maximum absolute atomic E-state index is 12.7. The summed E-state index contributed by atoms with van der Waals surface area (Å²) in [6.45, 7) is 5.00. The van der Waals surface area contributed by atoms with E-state index >= 15 is 0 Å². The van der Waals surface area contributed by atoms with Crippen LogP contribution in [0.3, 0.4) is 0 Å². The number of ether oxygens (including phenoxy) is 2. The van der Waals surface area contributed by atoms with Crippen molar-refractivity contribution < 1.29 is 14.3 Å². The molecule has 0 aromatic heterocycles. The Bertz CT molecular complexity index is 716. The van der Waals surface area contributed by atoms with Crippen LogP contribution in [-0.4, -0.2) is 42.8 Å². The van der Waals surface area contributed by atoms with Gasteiger partial charge in [-0.1, -0.05) is 37.3 Å². The van der Waals surface area contributed by atoms with E-state index in [1.54, 1.807) is 0 Å². The van der Waals surface area contributed by atoms with Gasteiger partial charge < -0.3 is 14.4 Å². The average Bonchev–Trinajstić information content (AvgIpc) is 3.34. The first-order valence-electron chi connectivity index (χ1n) is 10.6. The van der Waals surface area contributed by atoms with Gasteiger partial charge in [-0.25, -0.2) is 0 Å². The number of fused-ring (bicyclic) bond motifs is 3. The lowest BCUT2D eigenvalue weighted by molar-refractivity contribution is -0.147. The summed E-state index contributed by atoms with van der Waals surface area (Å²) in [4.78, 5) is 15.0. The maximum atomic E-state index is 12.7. The highest BCUT2D eigenvalue weighted by Crippen LogP contribution is 2.62. The third-order valence-corrected chi connectivity index (χ3v) is 7.88. The largest absolute Gasteiger partial charge is 0.462 e. The first-order valence-corrected chi connectivity index (χ1v) is 10.6. The molecular weight excluding hydrogens is 338 g/mol. The minimum atomic E-state index is 0.00555. The predicted molar refractivity (Wildman–Crippen MR) is 103 cm³/mol. The van der Waals surface area contributed by atoms with E-state index in [0.29, 0.717) is 11.8 Å². The zero-order valence-electron chi connectivity index (χ0n) is 16.5. The number of carbonyl (C=O) groups is 1. The van der Waals surface area contributed by atoms with Gasteiger partial charge in [-0.05, 0) is 56.0 Å². The summed E-state index contributed by atoms with van der Waals surface area (Å²) < 4.78 is 11.9. The summed E-state index contributed by atoms with van der Waals surface area (Å²) in [7, 11) is 2.12. The Morgan fingerprint density at radius 3 is 2.74 bits per heavy atom. The Morgan fingerprint density at radius 1 is 1.22 bits per heavy atom. The zero-order valence-corrected chi connectivity index (χ0v) is 16.5. The van der Waals surface area contributed by atoms with Crippen LogP contribution in [0.1, 0.15) is 44.6 Å². The van der Waals surface area contributed by atoms with Gasteiger partial charge in [-0.15, -0.1) is 0 Å². The van der Waals surface area contributed by atoms with Crippen LogP contribution in [0.15, 0.2) is 30.3 Å². The molecule has 2 aliphatic carbocycles. The van der Waals surface area contributed by atoms with Crippen LogP contribution in [0.4, 0.5) is 0 Å². The van der Waals surface area contributed by atoms with Crippen LogP contribution in [0, 0.1) is 23.2 Å². The van der Waals surface area contributed by atoms with E-state index in [-0.39, 0.29) is 29.0 Å². The standard InChI is InChI=1S/C23H31NO3/c1-22-9-6-10-23(15-26-23)20(22)11-17-18(21(25)27-19(17)12-22)14-24(2)13-16-7-4-3-5-8-16/h3-5,7-8,17-20H,6,9-15H2,1-2H3/t17-,18+,19+,20+,22+,23+/m0/s1. The van der Waals surface area contributed by atoms with E-state index in [1.807, 2.05) is 6.07 Å². The molecule has 0 N–H and O–H groups in total. The molecule has 146 valence electrons. The monoisotopic (exact) mass is 369 g/mol. The van der Waals surface area contributed by atoms with Crippen molar-refractivity contribution in [2.75, 3.05) is 20.2 Å². The molecule has 1 spiro atoms. The number of epoxide rings is 1. The lowest BCUT2D eigenvalue weighted by Gasteiger charge is -2.51. The number of hydrogen-bond acceptors (Lipinski definition) is 4. The number of hydrogen-bond donors (Lipinski definition) is 0. The van der Waals surface area contributed by atoms with E-state index < -0.39 is 0 Å². The van der Waals surface area contributed by atoms with Crippen LogP contribution in [0.25, 0.3) is 0 Å². The Balaban J connectivity index is 1.31. The summed E-state index contributed by atoms with van der Waals surface area (Å²) in [5.74, 6) is 0.980. The highest BCUT2D eigenvalue weighted by molar-refractivity contribution is 5.75. The van der Waals surface area contributed by atoms with Crippen LogP contribution < -0.4 is 0 Å². The number of nitrogens with zero attached hydrogens (tertiary/aromatic N) is 1. The number of rotatable bonds is 4. The molecule has 2 saturated carbocycles. The lowest BCUT2D eigenvalue weighted by Crippen LogP contribution is -2.51. The second kappa shape index (κ2) is 6.31. The van der Waals surface area contributed by atoms with Crippen LogP contribution in [-0.2, 0) is 20.8 Å². The minimum Gasteiger partial charge on any atom is -0.462 e. The highest BCUT2D eigenvalue weighted by Gasteiger charge is 2.65. The lowest BCUT2D eigenvalue weighted by atomic mass is 9.53. The van der Waals surface area contributed by atoms with E-state index in [0.717, 1.165) is 32.5 Å². The molecule has 0 unspecified atom stereocenters. The molecule has 27 heavy (non-hydrogen) atoms. The molecule has 5 rings (SSSR count). The summed E-state index contributed by atoms with van der Waals surface area (Å²) in [5.41, 5.74) is 1.70. The van der Waals surface area contributed by atoms with Crippen molar-refractivity contribution in [1.82, 2.24) is 4.90 Å². The van der Waals surface area contributed by atoms with Crippen LogP contribution >= 0.6 is 0 Å². The molecule has 2 aliphatic heterocycles. The Hall–Kier alpha value is -1.39. The molecule has 2 saturated heterocycles. The third kappa shape index (κ3) is 3.01. The molecule has 0 radical (unpaired) electrons. The van der Waals surface area contributed by atoms with Gasteiger partial charge in [0, 0.05) is 19.0 Å². The van der Waals surface area contributed by atoms with Gasteiger partial charge in [0.2, 0.25) is 0 Å². The molecule has 4 fully saturated rings. The van der Waals surface area contributed by atoms with Gasteiger partial charge in [-0.3, -0.25) is 4.79 Å². The zero-order chi connectivity index (χ0) is 18.6. The van der Waals surface area contributed by atoms with Gasteiger partial charge in [-0.2, -0.15) is 0 Å². The molecule has 0 amide bonds. The van der Waals surface area contributed by atoms with Gasteiger partial charge in [0.05, 0.1) is 18.1 Å². The van der Waals surface area contributed by atoms with Gasteiger partial charge in [0.1, 0.15) is 6.10 Å². The smallest absolute Gasteiger partial charge is 0.310 e. The Kier molecular flexibility index (Phi) is 4.14. The molecule has 1 aromatic rings. The highest BCUT2D eigenvalue weighted by atomic mass is 16.6. The molecule has 2 heterocycles. The van der Waals surface area contributed by atoms with Gasteiger partial charge >= 0.3 is 5.97 Å². The number of carbonyl (C=O) groups excluding carboxylic acids is 1. The fourth-order valence-corrected chi connectivity index (χ4v) is 6.46. The molecule has 0 bridgehead atoms. The normalized spacial score (nSPS) is 42.7. The molecular formula is C23H31NO3. The Morgan fingerprint density at radius 2 is 2.00 bits per heavy atom. The molecule has 4 aliphatic rings. The quantitative estimate of drug-likeness (QED) is 0.600. The summed E-state index contributed by atoms with van der Waals surface area (Å²) in [6.07, 6.45) is 5.94. The SMILES string of the molecule is CN(Cc1ccccc1)C[C@H]1C(=O)O[C@@H]2C[C@@]3(C)CCC[C@@]4(CO4)[C@@H]3C[C@H]21. The van der Waals surface area contributed by atoms with Crippen LogP contribution in [0.2, 0.25) is 0 Å². The number of esters is 1. The first kappa shape index (κ1) is 17.7. The summed E-state index contributed by atoms with van der Waals surface area (Å²) in [6, 6.07) is 10.5. The molecule has 6 atom stereocenters. The van der Waals surface area contributed by atoms with E-state index in [4.69, 9.17) is 9.47 Å². The van der Waals surface area contributed by atoms with Gasteiger partial charge in [0.15, 0.2) is 0 Å². The minimum absolute atomic E-state index is 0.00555. The van der Waals surface area contributed by atoms with Gasteiger partial charge in [0.25, 0.3) is 0 Å². The van der Waals surface area contributed by atoms with Crippen molar-refractivity contribution in [2.24, 2.45) is 23.2 Å². The molecule has 1 aromatic carbocycles. The van der Waals surface area contributed by atoms with Crippen LogP contribution in [0.5, 0.6) is 0 Å². The summed E-state index contributed by atoms with van der Waals surface area (Å²) in [5, 5.41) is 0. The average molecular weight is 370 g/mol. The molecule has 4 nitrogen and oxygen atoms in total. The van der Waals surface area contributed by atoms with Crippen molar-refractivity contribution in [3.63, 3.8) is 0 Å². The number of benzene rings is 1. The van der Waals surface area contributed by atoms with E-state index in [1.165, 1.54) is 24.8 Å². The second-order valence-corrected chi connectivity index (χ2v) is 9.78. The Labute approximate surface area is 162 Å². The van der Waals surface area contributed by atoms with Crippen molar-refractivity contribution in [3.05, 3.63) is 35.9 Å². The first-order chi connectivity index (χ1) is 13.0.